The number of anilines is 1. The highest BCUT2D eigenvalue weighted by atomic mass is 16.5. The molecule has 1 fully saturated rings. The summed E-state index contributed by atoms with van der Waals surface area (Å²) in [6.07, 6.45) is 0.773. The van der Waals surface area contributed by atoms with Crippen molar-refractivity contribution in [1.29, 1.82) is 0 Å². The van der Waals surface area contributed by atoms with Crippen LogP contribution in [0.5, 0.6) is 11.5 Å². The molecular formula is C31H32N2O5. The number of carbonyl (C=O) groups excluding carboxylic acids is 2. The number of aliphatic hydroxyl groups excluding tert-OH is 1. The standard InChI is InChI=1S/C31H32N2O5/c1-5-37-25-13-6-20(7-14-25)18-33-28(21-8-11-24(12-9-21)32(3)4)27(30(35)31(33)36)29(34)22-10-15-26-23(17-22)16-19(2)38-26/h6-15,17,19,28,34H,5,16,18H2,1-4H3/b29-27-. The molecule has 0 spiro atoms. The summed E-state index contributed by atoms with van der Waals surface area (Å²) in [7, 11) is 3.90. The number of amides is 1. The van der Waals surface area contributed by atoms with E-state index in [1.165, 1.54) is 4.90 Å². The predicted molar refractivity (Wildman–Crippen MR) is 146 cm³/mol. The van der Waals surface area contributed by atoms with Gasteiger partial charge in [-0.3, -0.25) is 9.59 Å². The Morgan fingerprint density at radius 2 is 1.76 bits per heavy atom. The van der Waals surface area contributed by atoms with Crippen molar-refractivity contribution in [1.82, 2.24) is 4.90 Å². The number of nitrogens with zero attached hydrogens (tertiary/aromatic N) is 2. The smallest absolute Gasteiger partial charge is 0.295 e. The molecule has 2 heterocycles. The van der Waals surface area contributed by atoms with Crippen LogP contribution in [0.3, 0.4) is 0 Å². The maximum Gasteiger partial charge on any atom is 0.295 e. The van der Waals surface area contributed by atoms with Gasteiger partial charge in [0.2, 0.25) is 0 Å². The number of hydrogen-bond donors (Lipinski definition) is 1. The lowest BCUT2D eigenvalue weighted by molar-refractivity contribution is -0.140. The second-order valence-corrected chi connectivity index (χ2v) is 9.95. The summed E-state index contributed by atoms with van der Waals surface area (Å²) in [5.74, 6) is 0.00641. The zero-order valence-electron chi connectivity index (χ0n) is 22.1. The van der Waals surface area contributed by atoms with Crippen molar-refractivity contribution < 1.29 is 24.2 Å². The largest absolute Gasteiger partial charge is 0.507 e. The number of likely N-dealkylation sites (tertiary alicyclic amines) is 1. The lowest BCUT2D eigenvalue weighted by Gasteiger charge is -2.26. The number of hydrogen-bond acceptors (Lipinski definition) is 6. The first-order chi connectivity index (χ1) is 18.3. The van der Waals surface area contributed by atoms with Crippen molar-refractivity contribution in [2.24, 2.45) is 0 Å². The molecule has 1 amide bonds. The maximum absolute atomic E-state index is 13.4. The van der Waals surface area contributed by atoms with Gasteiger partial charge in [-0.25, -0.2) is 0 Å². The number of fused-ring (bicyclic) bond motifs is 1. The molecule has 0 radical (unpaired) electrons. The molecule has 3 aromatic rings. The van der Waals surface area contributed by atoms with Crippen LogP contribution in [-0.4, -0.2) is 48.5 Å². The summed E-state index contributed by atoms with van der Waals surface area (Å²) in [6.45, 7) is 4.68. The Kier molecular flexibility index (Phi) is 6.85. The van der Waals surface area contributed by atoms with Gasteiger partial charge in [0.05, 0.1) is 18.2 Å². The molecule has 0 aliphatic carbocycles. The summed E-state index contributed by atoms with van der Waals surface area (Å²) in [5, 5.41) is 11.5. The van der Waals surface area contributed by atoms with Gasteiger partial charge in [-0.2, -0.15) is 0 Å². The highest BCUT2D eigenvalue weighted by Gasteiger charge is 2.46. The lowest BCUT2D eigenvalue weighted by atomic mass is 9.94. The number of ketones is 1. The first kappa shape index (κ1) is 25.4. The molecular weight excluding hydrogens is 480 g/mol. The van der Waals surface area contributed by atoms with Crippen molar-refractivity contribution in [3.05, 3.63) is 94.6 Å². The minimum absolute atomic E-state index is 0.0531. The van der Waals surface area contributed by atoms with Gasteiger partial charge in [-0.1, -0.05) is 24.3 Å². The molecule has 1 saturated heterocycles. The zero-order valence-corrected chi connectivity index (χ0v) is 22.1. The summed E-state index contributed by atoms with van der Waals surface area (Å²) in [5.41, 5.74) is 4.15. The van der Waals surface area contributed by atoms with Crippen LogP contribution in [0, 0.1) is 0 Å². The van der Waals surface area contributed by atoms with Crippen molar-refractivity contribution >= 4 is 23.1 Å². The third kappa shape index (κ3) is 4.72. The summed E-state index contributed by atoms with van der Waals surface area (Å²) >= 11 is 0. The molecule has 38 heavy (non-hydrogen) atoms. The van der Waals surface area contributed by atoms with Crippen LogP contribution >= 0.6 is 0 Å². The van der Waals surface area contributed by atoms with Gasteiger partial charge in [-0.05, 0) is 73.0 Å². The van der Waals surface area contributed by atoms with E-state index in [4.69, 9.17) is 9.47 Å². The van der Waals surface area contributed by atoms with Crippen molar-refractivity contribution in [2.75, 3.05) is 25.6 Å². The zero-order chi connectivity index (χ0) is 27.0. The third-order valence-electron chi connectivity index (χ3n) is 7.02. The van der Waals surface area contributed by atoms with E-state index in [1.807, 2.05) is 93.5 Å². The molecule has 2 unspecified atom stereocenters. The number of benzene rings is 3. The number of aliphatic hydroxyl groups is 1. The molecule has 2 aliphatic heterocycles. The molecule has 7 nitrogen and oxygen atoms in total. The quantitative estimate of drug-likeness (QED) is 0.270. The highest BCUT2D eigenvalue weighted by Crippen LogP contribution is 2.41. The minimum atomic E-state index is -0.735. The van der Waals surface area contributed by atoms with Crippen molar-refractivity contribution in [3.8, 4) is 11.5 Å². The Morgan fingerprint density at radius 3 is 2.42 bits per heavy atom. The van der Waals surface area contributed by atoms with Gasteiger partial charge < -0.3 is 24.4 Å². The van der Waals surface area contributed by atoms with Gasteiger partial charge in [0.25, 0.3) is 11.7 Å². The Bertz CT molecular complexity index is 1390. The van der Waals surface area contributed by atoms with Gasteiger partial charge in [0, 0.05) is 38.3 Å². The molecule has 7 heteroatoms. The average Bonchev–Trinajstić information content (AvgIpc) is 3.40. The van der Waals surface area contributed by atoms with E-state index in [9.17, 15) is 14.7 Å². The summed E-state index contributed by atoms with van der Waals surface area (Å²) < 4.78 is 11.3. The lowest BCUT2D eigenvalue weighted by Crippen LogP contribution is -2.29. The molecule has 2 atom stereocenters. The van der Waals surface area contributed by atoms with Crippen LogP contribution < -0.4 is 14.4 Å². The van der Waals surface area contributed by atoms with Crippen molar-refractivity contribution in [3.63, 3.8) is 0 Å². The molecule has 1 N–H and O–H groups in total. The van der Waals surface area contributed by atoms with E-state index in [0.29, 0.717) is 12.2 Å². The van der Waals surface area contributed by atoms with Gasteiger partial charge in [0.1, 0.15) is 23.4 Å². The summed E-state index contributed by atoms with van der Waals surface area (Å²) in [4.78, 5) is 30.4. The third-order valence-corrected chi connectivity index (χ3v) is 7.02. The predicted octanol–water partition coefficient (Wildman–Crippen LogP) is 5.10. The van der Waals surface area contributed by atoms with Crippen LogP contribution in [0.25, 0.3) is 5.76 Å². The second-order valence-electron chi connectivity index (χ2n) is 9.95. The molecule has 5 rings (SSSR count). The molecule has 0 bridgehead atoms. The van der Waals surface area contributed by atoms with Crippen LogP contribution in [0.2, 0.25) is 0 Å². The number of rotatable bonds is 7. The Morgan fingerprint density at radius 1 is 1.05 bits per heavy atom. The minimum Gasteiger partial charge on any atom is -0.507 e. The number of Topliss-reactive ketones (excluding diaryl/α,β-unsaturated/α-hetero) is 1. The van der Waals surface area contributed by atoms with Crippen LogP contribution in [-0.2, 0) is 22.6 Å². The molecule has 3 aromatic carbocycles. The van der Waals surface area contributed by atoms with E-state index >= 15 is 0 Å². The first-order valence-electron chi connectivity index (χ1n) is 12.8. The topological polar surface area (TPSA) is 79.3 Å². The Balaban J connectivity index is 1.58. The normalized spacial score (nSPS) is 19.8. The Labute approximate surface area is 222 Å². The van der Waals surface area contributed by atoms with Gasteiger partial charge in [0.15, 0.2) is 0 Å². The van der Waals surface area contributed by atoms with Gasteiger partial charge in [-0.15, -0.1) is 0 Å². The molecule has 0 saturated carbocycles. The Hall–Kier alpha value is -4.26. The van der Waals surface area contributed by atoms with E-state index in [-0.39, 0.29) is 24.0 Å². The fourth-order valence-corrected chi connectivity index (χ4v) is 5.12. The van der Waals surface area contributed by atoms with Crippen molar-refractivity contribution in [2.45, 2.75) is 39.0 Å². The van der Waals surface area contributed by atoms with Crippen LogP contribution in [0.15, 0.2) is 72.3 Å². The van der Waals surface area contributed by atoms with Gasteiger partial charge >= 0.3 is 0 Å². The number of ether oxygens (including phenoxy) is 2. The van der Waals surface area contributed by atoms with Crippen LogP contribution in [0.4, 0.5) is 5.69 Å². The monoisotopic (exact) mass is 512 g/mol. The maximum atomic E-state index is 13.4. The number of carbonyl (C=O) groups is 2. The van der Waals surface area contributed by atoms with E-state index in [0.717, 1.165) is 40.3 Å². The fourth-order valence-electron chi connectivity index (χ4n) is 5.12. The molecule has 196 valence electrons. The first-order valence-corrected chi connectivity index (χ1v) is 12.8. The average molecular weight is 513 g/mol. The SMILES string of the molecule is CCOc1ccc(CN2C(=O)C(=O)/C(=C(\O)c3ccc4c(c3)CC(C)O4)C2c2ccc(N(C)C)cc2)cc1. The summed E-state index contributed by atoms with van der Waals surface area (Å²) in [6, 6.07) is 19.8. The van der Waals surface area contributed by atoms with E-state index < -0.39 is 17.7 Å². The van der Waals surface area contributed by atoms with Crippen LogP contribution in [0.1, 0.15) is 42.1 Å². The second kappa shape index (κ2) is 10.2. The van der Waals surface area contributed by atoms with E-state index in [1.54, 1.807) is 6.07 Å². The molecule has 0 aromatic heterocycles. The van der Waals surface area contributed by atoms with E-state index in [2.05, 4.69) is 0 Å². The fraction of sp³-hybridized carbons (Fsp3) is 0.290. The molecule has 2 aliphatic rings. The highest BCUT2D eigenvalue weighted by molar-refractivity contribution is 6.46.